The Morgan fingerprint density at radius 1 is 1.08 bits per heavy atom. The molecule has 0 saturated heterocycles. The van der Waals surface area contributed by atoms with Crippen LogP contribution in [-0.2, 0) is 6.42 Å². The minimum absolute atomic E-state index is 0.418. The van der Waals surface area contributed by atoms with Gasteiger partial charge < -0.3 is 4.90 Å². The van der Waals surface area contributed by atoms with Crippen molar-refractivity contribution < 1.29 is 0 Å². The van der Waals surface area contributed by atoms with Crippen molar-refractivity contribution in [1.82, 2.24) is 0 Å². The summed E-state index contributed by atoms with van der Waals surface area (Å²) in [7, 11) is 0. The number of para-hydroxylation sites is 1. The van der Waals surface area contributed by atoms with E-state index in [0.717, 1.165) is 6.42 Å². The summed E-state index contributed by atoms with van der Waals surface area (Å²) in [5, 5.41) is 0. The highest BCUT2D eigenvalue weighted by Crippen LogP contribution is 2.43. The lowest BCUT2D eigenvalue weighted by Gasteiger charge is -2.47. The summed E-state index contributed by atoms with van der Waals surface area (Å²) >= 11 is 0. The molecule has 0 fully saturated rings. The Labute approximate surface area is 160 Å². The van der Waals surface area contributed by atoms with Gasteiger partial charge in [-0.15, -0.1) is 0 Å². The third-order valence-electron chi connectivity index (χ3n) is 6.22. The zero-order valence-corrected chi connectivity index (χ0v) is 17.4. The van der Waals surface area contributed by atoms with E-state index in [4.69, 9.17) is 0 Å². The second-order valence-corrected chi connectivity index (χ2v) is 8.61. The number of benzene rings is 1. The van der Waals surface area contributed by atoms with Gasteiger partial charge in [-0.05, 0) is 47.8 Å². The minimum atomic E-state index is 0.418. The average Bonchev–Trinajstić information content (AvgIpc) is 2.65. The Hall–Kier alpha value is -1.76. The van der Waals surface area contributed by atoms with Gasteiger partial charge in [0, 0.05) is 17.3 Å². The first-order valence-electron chi connectivity index (χ1n) is 10.4. The first kappa shape index (κ1) is 19.0. The number of hydrogen-bond donors (Lipinski definition) is 0. The molecule has 1 aromatic carbocycles. The van der Waals surface area contributed by atoms with Crippen LogP contribution in [0.1, 0.15) is 53.5 Å². The van der Waals surface area contributed by atoms with Gasteiger partial charge in [-0.3, -0.25) is 0 Å². The fourth-order valence-corrected chi connectivity index (χ4v) is 4.49. The molecule has 1 nitrogen and oxygen atoms in total. The molecule has 140 valence electrons. The maximum absolute atomic E-state index is 2.70. The smallest absolute Gasteiger partial charge is 0.0619 e. The van der Waals surface area contributed by atoms with E-state index in [1.807, 2.05) is 0 Å². The first-order chi connectivity index (χ1) is 12.5. The van der Waals surface area contributed by atoms with Gasteiger partial charge in [-0.25, -0.2) is 0 Å². The van der Waals surface area contributed by atoms with Gasteiger partial charge in [0.05, 0.1) is 6.04 Å². The van der Waals surface area contributed by atoms with Crippen LogP contribution in [0, 0.1) is 23.7 Å². The summed E-state index contributed by atoms with van der Waals surface area (Å²) in [5.74, 6) is 2.29. The van der Waals surface area contributed by atoms with E-state index in [9.17, 15) is 0 Å². The second-order valence-electron chi connectivity index (χ2n) is 8.61. The summed E-state index contributed by atoms with van der Waals surface area (Å²) in [4.78, 5) is 2.70. The molecule has 3 atom stereocenters. The van der Waals surface area contributed by atoms with Crippen molar-refractivity contribution in [2.45, 2.75) is 60.4 Å². The molecule has 0 radical (unpaired) electrons. The zero-order chi connectivity index (χ0) is 18.8. The Balaban J connectivity index is 2.16. The van der Waals surface area contributed by atoms with Crippen molar-refractivity contribution in [3.63, 3.8) is 0 Å². The van der Waals surface area contributed by atoms with E-state index < -0.39 is 0 Å². The highest BCUT2D eigenvalue weighted by atomic mass is 15.2. The van der Waals surface area contributed by atoms with Crippen LogP contribution in [0.25, 0.3) is 0 Å². The Bertz CT molecular complexity index is 719. The normalized spacial score (nSPS) is 23.8. The Kier molecular flexibility index (Phi) is 5.75. The van der Waals surface area contributed by atoms with E-state index in [1.54, 1.807) is 5.57 Å². The molecule has 3 rings (SSSR count). The van der Waals surface area contributed by atoms with Crippen LogP contribution in [0.15, 0.2) is 59.8 Å². The summed E-state index contributed by atoms with van der Waals surface area (Å²) in [6.45, 7) is 14.1. The van der Waals surface area contributed by atoms with Gasteiger partial charge >= 0.3 is 0 Å². The van der Waals surface area contributed by atoms with Crippen LogP contribution in [0.4, 0.5) is 5.69 Å². The minimum Gasteiger partial charge on any atom is -0.337 e. The van der Waals surface area contributed by atoms with E-state index in [0.29, 0.717) is 29.7 Å². The van der Waals surface area contributed by atoms with Crippen molar-refractivity contribution in [2.75, 3.05) is 4.90 Å². The van der Waals surface area contributed by atoms with Gasteiger partial charge in [0.25, 0.3) is 0 Å². The molecule has 1 aliphatic carbocycles. The van der Waals surface area contributed by atoms with E-state index in [1.165, 1.54) is 23.4 Å². The Morgan fingerprint density at radius 3 is 2.46 bits per heavy atom. The molecule has 1 aromatic rings. The first-order valence-corrected chi connectivity index (χ1v) is 10.4. The van der Waals surface area contributed by atoms with E-state index >= 15 is 0 Å². The lowest BCUT2D eigenvalue weighted by molar-refractivity contribution is 0.378. The highest BCUT2D eigenvalue weighted by Gasteiger charge is 2.38. The molecule has 2 aliphatic rings. The second kappa shape index (κ2) is 7.86. The molecule has 26 heavy (non-hydrogen) atoms. The van der Waals surface area contributed by atoms with Crippen LogP contribution < -0.4 is 4.90 Å². The summed E-state index contributed by atoms with van der Waals surface area (Å²) in [6, 6.07) is 9.43. The predicted octanol–water partition coefficient (Wildman–Crippen LogP) is 6.77. The van der Waals surface area contributed by atoms with Crippen LogP contribution in [0.2, 0.25) is 0 Å². The number of hydrogen-bond acceptors (Lipinski definition) is 1. The molecule has 0 N–H and O–H groups in total. The third kappa shape index (κ3) is 3.41. The number of fused-ring (bicyclic) bond motifs is 1. The number of allylic oxidation sites excluding steroid dienone is 4. The molecular formula is C25H35N. The number of anilines is 1. The largest absolute Gasteiger partial charge is 0.337 e. The molecule has 0 amide bonds. The topological polar surface area (TPSA) is 3.24 Å². The maximum atomic E-state index is 2.70. The summed E-state index contributed by atoms with van der Waals surface area (Å²) in [6.07, 6.45) is 11.8. The molecular weight excluding hydrogens is 314 g/mol. The number of nitrogens with zero attached hydrogens (tertiary/aromatic N) is 1. The molecule has 3 unspecified atom stereocenters. The zero-order valence-electron chi connectivity index (χ0n) is 17.4. The van der Waals surface area contributed by atoms with Crippen molar-refractivity contribution in [3.8, 4) is 0 Å². The summed E-state index contributed by atoms with van der Waals surface area (Å²) in [5.41, 5.74) is 5.96. The van der Waals surface area contributed by atoms with Crippen molar-refractivity contribution in [1.29, 1.82) is 0 Å². The van der Waals surface area contributed by atoms with Gasteiger partial charge in [0.15, 0.2) is 0 Å². The lowest BCUT2D eigenvalue weighted by atomic mass is 9.75. The van der Waals surface area contributed by atoms with Gasteiger partial charge in [0.1, 0.15) is 0 Å². The molecule has 0 bridgehead atoms. The van der Waals surface area contributed by atoms with Gasteiger partial charge in [-0.2, -0.15) is 0 Å². The maximum Gasteiger partial charge on any atom is 0.0619 e. The van der Waals surface area contributed by atoms with E-state index in [2.05, 4.69) is 95.0 Å². The number of rotatable bonds is 5. The van der Waals surface area contributed by atoms with Crippen LogP contribution in [-0.4, -0.2) is 6.04 Å². The van der Waals surface area contributed by atoms with Crippen molar-refractivity contribution >= 4 is 5.69 Å². The van der Waals surface area contributed by atoms with Crippen molar-refractivity contribution in [2.24, 2.45) is 23.7 Å². The van der Waals surface area contributed by atoms with Gasteiger partial charge in [0.2, 0.25) is 0 Å². The molecule has 1 aliphatic heterocycles. The van der Waals surface area contributed by atoms with Crippen LogP contribution >= 0.6 is 0 Å². The Morgan fingerprint density at radius 2 is 1.81 bits per heavy atom. The summed E-state index contributed by atoms with van der Waals surface area (Å²) < 4.78 is 0. The molecule has 1 heterocycles. The molecule has 0 spiro atoms. The molecule has 0 aromatic heterocycles. The lowest BCUT2D eigenvalue weighted by Crippen LogP contribution is -2.47. The SMILES string of the molecule is CCC(C)C1=CCc2ccccc2N1C1C(C(C)C)=CC=CC1C(C)C. The van der Waals surface area contributed by atoms with E-state index in [-0.39, 0.29) is 0 Å². The molecule has 0 saturated carbocycles. The highest BCUT2D eigenvalue weighted by molar-refractivity contribution is 5.64. The van der Waals surface area contributed by atoms with Crippen LogP contribution in [0.5, 0.6) is 0 Å². The fraction of sp³-hybridized carbons (Fsp3) is 0.520. The predicted molar refractivity (Wildman–Crippen MR) is 114 cm³/mol. The third-order valence-corrected chi connectivity index (χ3v) is 6.22. The van der Waals surface area contributed by atoms with Crippen LogP contribution in [0.3, 0.4) is 0 Å². The average molecular weight is 350 g/mol. The van der Waals surface area contributed by atoms with Crippen molar-refractivity contribution in [3.05, 3.63) is 65.4 Å². The molecule has 1 heteroatoms. The quantitative estimate of drug-likeness (QED) is 0.567. The monoisotopic (exact) mass is 349 g/mol. The standard InChI is InChI=1S/C25H35N/c1-7-19(6)23-16-15-20-11-8-9-14-24(20)26(23)25-21(17(2)3)12-10-13-22(25)18(4)5/h8-14,16-19,21,25H,7,15H2,1-6H3. The fourth-order valence-electron chi connectivity index (χ4n) is 4.49. The van der Waals surface area contributed by atoms with Gasteiger partial charge in [-0.1, -0.05) is 84.0 Å².